The van der Waals surface area contributed by atoms with Gasteiger partial charge in [-0.2, -0.15) is 0 Å². The molecule has 0 aliphatic carbocycles. The molecule has 28 heavy (non-hydrogen) atoms. The van der Waals surface area contributed by atoms with Crippen molar-refractivity contribution >= 4 is 40.4 Å². The number of aromatic nitrogens is 2. The minimum Gasteiger partial charge on any atom is -0.487 e. The summed E-state index contributed by atoms with van der Waals surface area (Å²) in [5, 5.41) is 1.99. The van der Waals surface area contributed by atoms with Crippen LogP contribution in [-0.2, 0) is 6.61 Å². The Balaban J connectivity index is 1.68. The topological polar surface area (TPSA) is 44.1 Å². The molecule has 4 aromatic rings. The van der Waals surface area contributed by atoms with Gasteiger partial charge in [-0.25, -0.2) is 4.98 Å². The van der Waals surface area contributed by atoms with E-state index in [0.717, 1.165) is 28.6 Å². The van der Waals surface area contributed by atoms with Crippen LogP contribution in [0.3, 0.4) is 0 Å². The molecule has 140 valence electrons. The summed E-state index contributed by atoms with van der Waals surface area (Å²) in [7, 11) is 0. The van der Waals surface area contributed by atoms with E-state index in [1.807, 2.05) is 43.3 Å². The summed E-state index contributed by atoms with van der Waals surface area (Å²) in [6.45, 7) is 2.14. The first-order valence-electron chi connectivity index (χ1n) is 8.66. The molecule has 0 aliphatic rings. The molecule has 0 aliphatic heterocycles. The zero-order valence-corrected chi connectivity index (χ0v) is 16.5. The molecule has 0 fully saturated rings. The van der Waals surface area contributed by atoms with Crippen LogP contribution in [-0.4, -0.2) is 15.8 Å². The molecule has 0 atom stereocenters. The molecule has 4 rings (SSSR count). The van der Waals surface area contributed by atoms with Crippen LogP contribution in [0.5, 0.6) is 5.75 Å². The Labute approximate surface area is 172 Å². The van der Waals surface area contributed by atoms with Crippen LogP contribution in [0.2, 0.25) is 10.0 Å². The summed E-state index contributed by atoms with van der Waals surface area (Å²) < 4.78 is 7.83. The van der Waals surface area contributed by atoms with Gasteiger partial charge in [0.1, 0.15) is 17.9 Å². The van der Waals surface area contributed by atoms with Gasteiger partial charge >= 0.3 is 0 Å². The van der Waals surface area contributed by atoms with E-state index in [2.05, 4.69) is 4.98 Å². The number of fused-ring (bicyclic) bond motifs is 1. The van der Waals surface area contributed by atoms with Gasteiger partial charge in [0.2, 0.25) is 0 Å². The number of hydrogen-bond donors (Lipinski definition) is 0. The average molecular weight is 411 g/mol. The molecule has 0 amide bonds. The second-order valence-corrected chi connectivity index (χ2v) is 7.18. The molecule has 0 saturated carbocycles. The summed E-state index contributed by atoms with van der Waals surface area (Å²) in [6.07, 6.45) is 4.28. The Morgan fingerprint density at radius 3 is 2.75 bits per heavy atom. The number of carbonyl (C=O) groups is 1. The third-order valence-corrected chi connectivity index (χ3v) is 5.27. The molecule has 6 heteroatoms. The number of aldehydes is 1. The monoisotopic (exact) mass is 410 g/mol. The zero-order valence-electron chi connectivity index (χ0n) is 15.0. The van der Waals surface area contributed by atoms with Crippen molar-refractivity contribution in [3.63, 3.8) is 0 Å². The van der Waals surface area contributed by atoms with Crippen molar-refractivity contribution in [2.45, 2.75) is 13.5 Å². The van der Waals surface area contributed by atoms with E-state index in [1.54, 1.807) is 29.1 Å². The van der Waals surface area contributed by atoms with Crippen molar-refractivity contribution in [3.8, 4) is 11.4 Å². The molecule has 4 nitrogen and oxygen atoms in total. The highest BCUT2D eigenvalue weighted by Crippen LogP contribution is 2.33. The van der Waals surface area contributed by atoms with Crippen molar-refractivity contribution in [2.75, 3.05) is 0 Å². The van der Waals surface area contributed by atoms with Gasteiger partial charge in [0.05, 0.1) is 10.7 Å². The fourth-order valence-electron chi connectivity index (χ4n) is 3.03. The summed E-state index contributed by atoms with van der Waals surface area (Å²) >= 11 is 13.0. The molecule has 2 heterocycles. The number of para-hydroxylation sites is 1. The Kier molecular flexibility index (Phi) is 5.07. The van der Waals surface area contributed by atoms with Gasteiger partial charge in [0.25, 0.3) is 0 Å². The van der Waals surface area contributed by atoms with Crippen LogP contribution in [0.25, 0.3) is 16.6 Å². The van der Waals surface area contributed by atoms with Crippen molar-refractivity contribution < 1.29 is 9.53 Å². The van der Waals surface area contributed by atoms with Gasteiger partial charge in [-0.15, -0.1) is 0 Å². The zero-order chi connectivity index (χ0) is 19.7. The number of aryl methyl sites for hydroxylation is 1. The SMILES string of the molecule is Cc1ccc2cccc(OCc3c(Cl)ccc(-n4ccc(C=O)c4)c3Cl)c2n1. The number of rotatable bonds is 5. The number of ether oxygens (including phenoxy) is 1. The predicted molar refractivity (Wildman–Crippen MR) is 112 cm³/mol. The average Bonchev–Trinajstić information content (AvgIpc) is 3.17. The first-order chi connectivity index (χ1) is 13.6. The number of benzene rings is 2. The molecular formula is C22H16Cl2N2O2. The van der Waals surface area contributed by atoms with Crippen LogP contribution in [0.1, 0.15) is 21.6 Å². The number of pyridine rings is 1. The number of nitrogens with zero attached hydrogens (tertiary/aromatic N) is 2. The van der Waals surface area contributed by atoms with E-state index < -0.39 is 0 Å². The highest BCUT2D eigenvalue weighted by atomic mass is 35.5. The van der Waals surface area contributed by atoms with E-state index in [0.29, 0.717) is 26.9 Å². The molecule has 0 radical (unpaired) electrons. The summed E-state index contributed by atoms with van der Waals surface area (Å²) in [5.74, 6) is 0.669. The number of halogens is 2. The van der Waals surface area contributed by atoms with Gasteiger partial charge in [-0.1, -0.05) is 41.4 Å². The van der Waals surface area contributed by atoms with Crippen LogP contribution in [0, 0.1) is 6.92 Å². The summed E-state index contributed by atoms with van der Waals surface area (Å²) in [4.78, 5) is 15.5. The third-order valence-electron chi connectivity index (χ3n) is 4.49. The van der Waals surface area contributed by atoms with Crippen molar-refractivity contribution in [1.29, 1.82) is 0 Å². The lowest BCUT2D eigenvalue weighted by molar-refractivity contribution is 0.112. The van der Waals surface area contributed by atoms with Gasteiger partial charge in [-0.05, 0) is 37.3 Å². The Hall–Kier alpha value is -2.82. The van der Waals surface area contributed by atoms with Gasteiger partial charge in [-0.3, -0.25) is 4.79 Å². The van der Waals surface area contributed by atoms with Crippen molar-refractivity contribution in [3.05, 3.63) is 87.8 Å². The minimum atomic E-state index is 0.196. The van der Waals surface area contributed by atoms with E-state index in [-0.39, 0.29) is 6.61 Å². The molecule has 2 aromatic carbocycles. The predicted octanol–water partition coefficient (Wildman–Crippen LogP) is 6.03. The molecule has 0 N–H and O–H groups in total. The Morgan fingerprint density at radius 2 is 1.96 bits per heavy atom. The normalized spacial score (nSPS) is 11.0. The molecule has 0 unspecified atom stereocenters. The summed E-state index contributed by atoms with van der Waals surface area (Å²) in [6, 6.07) is 15.1. The largest absolute Gasteiger partial charge is 0.487 e. The third kappa shape index (κ3) is 3.49. The fourth-order valence-corrected chi connectivity index (χ4v) is 3.61. The lowest BCUT2D eigenvalue weighted by atomic mass is 10.2. The smallest absolute Gasteiger partial charge is 0.151 e. The minimum absolute atomic E-state index is 0.196. The number of hydrogen-bond acceptors (Lipinski definition) is 3. The summed E-state index contributed by atoms with van der Waals surface area (Å²) in [5.41, 5.74) is 3.68. The molecule has 0 bridgehead atoms. The Morgan fingerprint density at radius 1 is 1.11 bits per heavy atom. The maximum Gasteiger partial charge on any atom is 0.151 e. The molecular weight excluding hydrogens is 395 g/mol. The van der Waals surface area contributed by atoms with Crippen LogP contribution >= 0.6 is 23.2 Å². The van der Waals surface area contributed by atoms with Gasteiger partial charge in [0, 0.05) is 39.6 Å². The lowest BCUT2D eigenvalue weighted by Crippen LogP contribution is -2.02. The highest BCUT2D eigenvalue weighted by Gasteiger charge is 2.14. The standard InChI is InChI=1S/C22H16Cl2N2O2/c1-14-5-6-16-3-2-4-20(22(16)25-14)28-13-17-18(23)7-8-19(21(17)24)26-10-9-15(11-26)12-27/h2-12H,13H2,1H3. The first kappa shape index (κ1) is 18.5. The molecule has 0 saturated heterocycles. The van der Waals surface area contributed by atoms with E-state index in [4.69, 9.17) is 27.9 Å². The quantitative estimate of drug-likeness (QED) is 0.377. The first-order valence-corrected chi connectivity index (χ1v) is 9.42. The second kappa shape index (κ2) is 7.66. The van der Waals surface area contributed by atoms with E-state index >= 15 is 0 Å². The van der Waals surface area contributed by atoms with Crippen molar-refractivity contribution in [2.24, 2.45) is 0 Å². The van der Waals surface area contributed by atoms with Crippen LogP contribution < -0.4 is 4.74 Å². The maximum atomic E-state index is 11.0. The van der Waals surface area contributed by atoms with E-state index in [9.17, 15) is 4.79 Å². The number of carbonyl (C=O) groups excluding carboxylic acids is 1. The van der Waals surface area contributed by atoms with Crippen molar-refractivity contribution in [1.82, 2.24) is 9.55 Å². The van der Waals surface area contributed by atoms with E-state index in [1.165, 1.54) is 0 Å². The van der Waals surface area contributed by atoms with Crippen LogP contribution in [0.15, 0.2) is 60.9 Å². The second-order valence-electron chi connectivity index (χ2n) is 6.40. The Bertz CT molecular complexity index is 1180. The lowest BCUT2D eigenvalue weighted by Gasteiger charge is -2.14. The van der Waals surface area contributed by atoms with Gasteiger partial charge in [0.15, 0.2) is 6.29 Å². The highest BCUT2D eigenvalue weighted by molar-refractivity contribution is 6.37. The maximum absolute atomic E-state index is 11.0. The van der Waals surface area contributed by atoms with Gasteiger partial charge < -0.3 is 9.30 Å². The molecule has 0 spiro atoms. The molecule has 2 aromatic heterocycles. The fraction of sp³-hybridized carbons (Fsp3) is 0.0909. The van der Waals surface area contributed by atoms with Crippen LogP contribution in [0.4, 0.5) is 0 Å².